The number of hydrogen-bond acceptors (Lipinski definition) is 3. The molecule has 4 heteroatoms. The van der Waals surface area contributed by atoms with Gasteiger partial charge in [0.1, 0.15) is 0 Å². The minimum Gasteiger partial charge on any atom is -0.399 e. The fourth-order valence-electron chi connectivity index (χ4n) is 2.64. The molecule has 0 unspecified atom stereocenters. The number of nitrogens with one attached hydrogen (secondary N) is 1. The van der Waals surface area contributed by atoms with Gasteiger partial charge in [-0.1, -0.05) is 24.3 Å². The van der Waals surface area contributed by atoms with Gasteiger partial charge in [-0.3, -0.25) is 0 Å². The zero-order valence-electron chi connectivity index (χ0n) is 11.9. The Bertz CT molecular complexity index is 667. The summed E-state index contributed by atoms with van der Waals surface area (Å²) in [6, 6.07) is 15.9. The second-order valence-corrected chi connectivity index (χ2v) is 5.33. The summed E-state index contributed by atoms with van der Waals surface area (Å²) in [5, 5.41) is 0. The number of benzene rings is 2. The number of nitrogens with zero attached hydrogens (tertiary/aromatic N) is 1. The van der Waals surface area contributed by atoms with E-state index in [2.05, 4.69) is 16.9 Å². The first-order valence-electron chi connectivity index (χ1n) is 6.81. The number of aromatic amines is 1. The molecule has 4 nitrogen and oxygen atoms in total. The molecule has 2 aromatic carbocycles. The molecular weight excluding hydrogens is 260 g/mol. The van der Waals surface area contributed by atoms with E-state index in [1.807, 2.05) is 54.7 Å². The standard InChI is InChI=1S/C17H18N4/c1-17(16-10-20-11-21-16,12-2-6-14(18)7-3-12)13-4-8-15(19)9-5-13/h2-11H,18-19H2,1H3,(H,20,21). The third kappa shape index (κ3) is 2.25. The predicted molar refractivity (Wildman–Crippen MR) is 85.9 cm³/mol. The molecule has 3 rings (SSSR count). The molecule has 0 saturated carbocycles. The van der Waals surface area contributed by atoms with E-state index in [0.717, 1.165) is 28.2 Å². The van der Waals surface area contributed by atoms with Crippen LogP contribution in [0.3, 0.4) is 0 Å². The van der Waals surface area contributed by atoms with Crippen LogP contribution >= 0.6 is 0 Å². The maximum absolute atomic E-state index is 5.81. The van der Waals surface area contributed by atoms with Crippen molar-refractivity contribution >= 4 is 11.4 Å². The van der Waals surface area contributed by atoms with Crippen LogP contribution in [0.2, 0.25) is 0 Å². The number of hydrogen-bond donors (Lipinski definition) is 3. The third-order valence-electron chi connectivity index (χ3n) is 4.01. The van der Waals surface area contributed by atoms with Gasteiger partial charge in [-0.15, -0.1) is 0 Å². The summed E-state index contributed by atoms with van der Waals surface area (Å²) in [4.78, 5) is 7.40. The van der Waals surface area contributed by atoms with E-state index in [0.29, 0.717) is 0 Å². The van der Waals surface area contributed by atoms with Gasteiger partial charge in [0.05, 0.1) is 11.7 Å². The quantitative estimate of drug-likeness (QED) is 0.644. The zero-order chi connectivity index (χ0) is 14.9. The van der Waals surface area contributed by atoms with Crippen LogP contribution in [-0.4, -0.2) is 9.97 Å². The Morgan fingerprint density at radius 3 is 1.71 bits per heavy atom. The van der Waals surface area contributed by atoms with E-state index in [4.69, 9.17) is 11.5 Å². The van der Waals surface area contributed by atoms with Gasteiger partial charge in [0.25, 0.3) is 0 Å². The van der Waals surface area contributed by atoms with Crippen LogP contribution in [0.15, 0.2) is 61.1 Å². The second-order valence-electron chi connectivity index (χ2n) is 5.33. The summed E-state index contributed by atoms with van der Waals surface area (Å²) in [6.07, 6.45) is 3.55. The van der Waals surface area contributed by atoms with Crippen LogP contribution < -0.4 is 11.5 Å². The lowest BCUT2D eigenvalue weighted by atomic mass is 9.74. The molecule has 1 heterocycles. The lowest BCUT2D eigenvalue weighted by molar-refractivity contribution is 0.670. The van der Waals surface area contributed by atoms with Gasteiger partial charge < -0.3 is 16.5 Å². The van der Waals surface area contributed by atoms with Crippen LogP contribution in [-0.2, 0) is 5.41 Å². The fourth-order valence-corrected chi connectivity index (χ4v) is 2.64. The predicted octanol–water partition coefficient (Wildman–Crippen LogP) is 2.93. The molecule has 0 amide bonds. The van der Waals surface area contributed by atoms with Gasteiger partial charge in [0, 0.05) is 23.3 Å². The number of nitrogens with two attached hydrogens (primary N) is 2. The van der Waals surface area contributed by atoms with E-state index in [9.17, 15) is 0 Å². The minimum absolute atomic E-state index is 0.335. The van der Waals surface area contributed by atoms with Gasteiger partial charge >= 0.3 is 0 Å². The molecule has 0 fully saturated rings. The lowest BCUT2D eigenvalue weighted by Crippen LogP contribution is -2.25. The maximum atomic E-state index is 5.81. The van der Waals surface area contributed by atoms with Crippen molar-refractivity contribution < 1.29 is 0 Å². The largest absolute Gasteiger partial charge is 0.399 e. The van der Waals surface area contributed by atoms with Crippen molar-refractivity contribution in [1.29, 1.82) is 0 Å². The molecule has 0 aliphatic heterocycles. The monoisotopic (exact) mass is 278 g/mol. The maximum Gasteiger partial charge on any atom is 0.0922 e. The molecule has 0 atom stereocenters. The van der Waals surface area contributed by atoms with Crippen LogP contribution in [0, 0.1) is 0 Å². The van der Waals surface area contributed by atoms with Crippen LogP contribution in [0.4, 0.5) is 11.4 Å². The summed E-state index contributed by atoms with van der Waals surface area (Å²) in [6.45, 7) is 2.16. The highest BCUT2D eigenvalue weighted by atomic mass is 14.9. The van der Waals surface area contributed by atoms with Gasteiger partial charge in [-0.05, 0) is 42.3 Å². The number of H-pyrrole nitrogens is 1. The number of imidazole rings is 1. The molecule has 0 saturated heterocycles. The Labute approximate surface area is 123 Å². The molecule has 0 radical (unpaired) electrons. The van der Waals surface area contributed by atoms with Crippen molar-refractivity contribution in [3.8, 4) is 0 Å². The average Bonchev–Trinajstić information content (AvgIpc) is 3.02. The number of aromatic nitrogens is 2. The average molecular weight is 278 g/mol. The van der Waals surface area contributed by atoms with Gasteiger partial charge in [0.15, 0.2) is 0 Å². The summed E-state index contributed by atoms with van der Waals surface area (Å²) in [5.74, 6) is 0. The Morgan fingerprint density at radius 1 is 0.857 bits per heavy atom. The zero-order valence-corrected chi connectivity index (χ0v) is 11.9. The number of rotatable bonds is 3. The summed E-state index contributed by atoms with van der Waals surface area (Å²) in [7, 11) is 0. The van der Waals surface area contributed by atoms with Crippen LogP contribution in [0.25, 0.3) is 0 Å². The fraction of sp³-hybridized carbons (Fsp3) is 0.118. The lowest BCUT2D eigenvalue weighted by Gasteiger charge is -2.30. The normalized spacial score (nSPS) is 11.5. The molecule has 3 aromatic rings. The molecule has 0 bridgehead atoms. The Kier molecular flexibility index (Phi) is 3.14. The van der Waals surface area contributed by atoms with Crippen molar-refractivity contribution in [2.45, 2.75) is 12.3 Å². The van der Waals surface area contributed by atoms with Crippen molar-refractivity contribution in [3.05, 3.63) is 77.9 Å². The van der Waals surface area contributed by atoms with Crippen LogP contribution in [0.1, 0.15) is 23.7 Å². The van der Waals surface area contributed by atoms with E-state index in [1.54, 1.807) is 6.33 Å². The summed E-state index contributed by atoms with van der Waals surface area (Å²) in [5.41, 5.74) is 16.1. The van der Waals surface area contributed by atoms with E-state index in [1.165, 1.54) is 0 Å². The highest BCUT2D eigenvalue weighted by Gasteiger charge is 2.32. The molecule has 0 spiro atoms. The molecule has 5 N–H and O–H groups in total. The summed E-state index contributed by atoms with van der Waals surface area (Å²) >= 11 is 0. The molecule has 106 valence electrons. The highest BCUT2D eigenvalue weighted by Crippen LogP contribution is 2.38. The van der Waals surface area contributed by atoms with E-state index >= 15 is 0 Å². The first-order chi connectivity index (χ1) is 10.1. The van der Waals surface area contributed by atoms with Crippen LogP contribution in [0.5, 0.6) is 0 Å². The first kappa shape index (κ1) is 13.2. The second kappa shape index (κ2) is 4.98. The Balaban J connectivity index is 2.20. The van der Waals surface area contributed by atoms with E-state index < -0.39 is 0 Å². The Hall–Kier alpha value is -2.75. The van der Waals surface area contributed by atoms with Gasteiger partial charge in [-0.2, -0.15) is 0 Å². The van der Waals surface area contributed by atoms with Crippen molar-refractivity contribution in [1.82, 2.24) is 9.97 Å². The van der Waals surface area contributed by atoms with Crippen molar-refractivity contribution in [3.63, 3.8) is 0 Å². The topological polar surface area (TPSA) is 80.7 Å². The molecule has 1 aromatic heterocycles. The number of anilines is 2. The van der Waals surface area contributed by atoms with Crippen molar-refractivity contribution in [2.24, 2.45) is 0 Å². The SMILES string of the molecule is CC(c1ccc(N)cc1)(c1ccc(N)cc1)c1cnc[nH]1. The molecule has 0 aliphatic rings. The third-order valence-corrected chi connectivity index (χ3v) is 4.01. The van der Waals surface area contributed by atoms with Gasteiger partial charge in [-0.25, -0.2) is 4.98 Å². The molecule has 21 heavy (non-hydrogen) atoms. The highest BCUT2D eigenvalue weighted by molar-refractivity contribution is 5.52. The molecular formula is C17H18N4. The molecule has 0 aliphatic carbocycles. The minimum atomic E-state index is -0.335. The van der Waals surface area contributed by atoms with Crippen molar-refractivity contribution in [2.75, 3.05) is 11.5 Å². The first-order valence-corrected chi connectivity index (χ1v) is 6.81. The summed E-state index contributed by atoms with van der Waals surface area (Å²) < 4.78 is 0. The van der Waals surface area contributed by atoms with E-state index in [-0.39, 0.29) is 5.41 Å². The number of nitrogen functional groups attached to an aromatic ring is 2. The smallest absolute Gasteiger partial charge is 0.0922 e. The van der Waals surface area contributed by atoms with Gasteiger partial charge in [0.2, 0.25) is 0 Å². The Morgan fingerprint density at radius 2 is 1.33 bits per heavy atom.